The van der Waals surface area contributed by atoms with Gasteiger partial charge < -0.3 is 5.11 Å². The van der Waals surface area contributed by atoms with Crippen LogP contribution in [0.5, 0.6) is 0 Å². The van der Waals surface area contributed by atoms with Crippen molar-refractivity contribution in [2.45, 2.75) is 19.0 Å². The lowest BCUT2D eigenvalue weighted by atomic mass is 10.0. The van der Waals surface area contributed by atoms with Crippen molar-refractivity contribution < 1.29 is 31.4 Å². The molecule has 17 heavy (non-hydrogen) atoms. The van der Waals surface area contributed by atoms with Crippen LogP contribution in [0.3, 0.4) is 0 Å². The van der Waals surface area contributed by atoms with E-state index in [1.54, 1.807) is 0 Å². The highest BCUT2D eigenvalue weighted by Crippen LogP contribution is 2.41. The van der Waals surface area contributed by atoms with Crippen LogP contribution in [0.25, 0.3) is 0 Å². The summed E-state index contributed by atoms with van der Waals surface area (Å²) in [5, 5.41) is 8.75. The third-order valence-corrected chi connectivity index (χ3v) is 2.97. The molecule has 0 aliphatic carbocycles. The van der Waals surface area contributed by atoms with E-state index < -0.39 is 30.1 Å². The average Bonchev–Trinajstić information content (AvgIpc) is 2.14. The summed E-state index contributed by atoms with van der Waals surface area (Å²) in [6.45, 7) is -0.751. The maximum absolute atomic E-state index is 12.4. The van der Waals surface area contributed by atoms with E-state index in [9.17, 15) is 26.3 Å². The Hall–Kier alpha value is -0.510. The summed E-state index contributed by atoms with van der Waals surface area (Å²) >= 11 is 1.44. The van der Waals surface area contributed by atoms with Gasteiger partial charge in [0.05, 0.1) is 17.7 Å². The Balaban J connectivity index is 3.54. The summed E-state index contributed by atoms with van der Waals surface area (Å²) in [7, 11) is 0. The smallest absolute Gasteiger partial charge is 0.392 e. The van der Waals surface area contributed by atoms with Gasteiger partial charge in [-0.15, -0.1) is 0 Å². The summed E-state index contributed by atoms with van der Waals surface area (Å²) in [6.07, 6.45) is -10.2. The molecule has 1 rings (SSSR count). The monoisotopic (exact) mass is 370 g/mol. The van der Waals surface area contributed by atoms with E-state index in [-0.39, 0.29) is 9.13 Å². The Morgan fingerprint density at radius 2 is 1.35 bits per heavy atom. The summed E-state index contributed by atoms with van der Waals surface area (Å²) in [6, 6.07) is 0.708. The number of aliphatic hydroxyl groups excluding tert-OH is 1. The van der Waals surface area contributed by atoms with Gasteiger partial charge in [0.15, 0.2) is 0 Å². The van der Waals surface area contributed by atoms with E-state index in [2.05, 4.69) is 0 Å². The van der Waals surface area contributed by atoms with Gasteiger partial charge in [0, 0.05) is 3.57 Å². The van der Waals surface area contributed by atoms with Gasteiger partial charge in [-0.05, 0) is 40.3 Å². The first-order chi connectivity index (χ1) is 7.57. The minimum atomic E-state index is -5.11. The van der Waals surface area contributed by atoms with Crippen LogP contribution in [0.15, 0.2) is 12.1 Å². The zero-order valence-corrected chi connectivity index (χ0v) is 10.1. The molecule has 8 heteroatoms. The highest BCUT2D eigenvalue weighted by Gasteiger charge is 2.43. The Morgan fingerprint density at radius 1 is 0.941 bits per heavy atom. The molecule has 0 unspecified atom stereocenters. The van der Waals surface area contributed by atoms with Crippen LogP contribution in [0, 0.1) is 3.57 Å². The highest BCUT2D eigenvalue weighted by molar-refractivity contribution is 14.1. The molecule has 0 amide bonds. The summed E-state index contributed by atoms with van der Waals surface area (Å²) in [5.74, 6) is 0. The Labute approximate surface area is 106 Å². The van der Waals surface area contributed by atoms with Crippen molar-refractivity contribution in [3.8, 4) is 0 Å². The molecule has 1 aromatic carbocycles. The van der Waals surface area contributed by atoms with Gasteiger partial charge in [0.25, 0.3) is 0 Å². The van der Waals surface area contributed by atoms with Crippen LogP contribution >= 0.6 is 22.6 Å². The van der Waals surface area contributed by atoms with E-state index in [0.29, 0.717) is 12.1 Å². The summed E-state index contributed by atoms with van der Waals surface area (Å²) < 4.78 is 74.5. The second-order valence-electron chi connectivity index (χ2n) is 3.14. The molecule has 0 saturated heterocycles. The molecule has 0 bridgehead atoms. The first-order valence-corrected chi connectivity index (χ1v) is 5.23. The fourth-order valence-corrected chi connectivity index (χ4v) is 1.85. The third-order valence-electron chi connectivity index (χ3n) is 1.97. The van der Waals surface area contributed by atoms with Crippen LogP contribution in [-0.2, 0) is 19.0 Å². The van der Waals surface area contributed by atoms with Gasteiger partial charge in [-0.2, -0.15) is 26.3 Å². The molecule has 0 aliphatic rings. The fraction of sp³-hybridized carbons (Fsp3) is 0.333. The van der Waals surface area contributed by atoms with Crippen LogP contribution < -0.4 is 0 Å². The molecule has 0 saturated carbocycles. The van der Waals surface area contributed by atoms with Crippen molar-refractivity contribution in [2.75, 3.05) is 0 Å². The lowest BCUT2D eigenvalue weighted by Crippen LogP contribution is -2.17. The summed E-state index contributed by atoms with van der Waals surface area (Å²) in [5.41, 5.74) is -3.72. The maximum Gasteiger partial charge on any atom is 0.417 e. The predicted octanol–water partition coefficient (Wildman–Crippen LogP) is 3.82. The lowest BCUT2D eigenvalue weighted by molar-refractivity contribution is -0.162. The molecule has 0 radical (unpaired) electrons. The number of benzene rings is 1. The lowest BCUT2D eigenvalue weighted by Gasteiger charge is -2.17. The number of aliphatic hydroxyl groups is 1. The molecule has 0 aliphatic heterocycles. The van der Waals surface area contributed by atoms with Crippen molar-refractivity contribution in [1.82, 2.24) is 0 Å². The van der Waals surface area contributed by atoms with Crippen LogP contribution in [-0.4, -0.2) is 5.11 Å². The number of hydrogen-bond acceptors (Lipinski definition) is 1. The minimum absolute atomic E-state index is 0.0644. The molecule has 0 aromatic heterocycles. The second kappa shape index (κ2) is 4.63. The zero-order valence-electron chi connectivity index (χ0n) is 7.95. The van der Waals surface area contributed by atoms with Crippen molar-refractivity contribution in [3.63, 3.8) is 0 Å². The quantitative estimate of drug-likeness (QED) is 0.589. The molecule has 1 N–H and O–H groups in total. The second-order valence-corrected chi connectivity index (χ2v) is 4.31. The molecule has 0 fully saturated rings. The Morgan fingerprint density at radius 3 is 1.71 bits per heavy atom. The van der Waals surface area contributed by atoms with E-state index in [4.69, 9.17) is 5.11 Å². The topological polar surface area (TPSA) is 20.2 Å². The van der Waals surface area contributed by atoms with E-state index in [1.807, 2.05) is 0 Å². The van der Waals surface area contributed by atoms with Gasteiger partial charge in [-0.3, -0.25) is 0 Å². The molecule has 0 spiro atoms. The first-order valence-electron chi connectivity index (χ1n) is 4.15. The van der Waals surface area contributed by atoms with Crippen molar-refractivity contribution in [3.05, 3.63) is 32.4 Å². The highest BCUT2D eigenvalue weighted by atomic mass is 127. The van der Waals surface area contributed by atoms with E-state index >= 15 is 0 Å². The molecular formula is C9H5F6IO. The van der Waals surface area contributed by atoms with E-state index in [1.165, 1.54) is 22.6 Å². The molecule has 0 heterocycles. The van der Waals surface area contributed by atoms with Crippen LogP contribution in [0.1, 0.15) is 16.7 Å². The largest absolute Gasteiger partial charge is 0.417 e. The molecule has 0 atom stereocenters. The van der Waals surface area contributed by atoms with Gasteiger partial charge in [0.2, 0.25) is 0 Å². The third kappa shape index (κ3) is 3.24. The van der Waals surface area contributed by atoms with Crippen molar-refractivity contribution in [2.24, 2.45) is 0 Å². The van der Waals surface area contributed by atoms with Gasteiger partial charge >= 0.3 is 12.4 Å². The molecule has 96 valence electrons. The van der Waals surface area contributed by atoms with E-state index in [0.717, 1.165) is 0 Å². The van der Waals surface area contributed by atoms with Crippen molar-refractivity contribution in [1.29, 1.82) is 0 Å². The Kier molecular flexibility index (Phi) is 3.97. The molecular weight excluding hydrogens is 365 g/mol. The van der Waals surface area contributed by atoms with Crippen molar-refractivity contribution >= 4 is 22.6 Å². The Bertz CT molecular complexity index is 423. The van der Waals surface area contributed by atoms with Gasteiger partial charge in [-0.25, -0.2) is 0 Å². The SMILES string of the molecule is OCc1cc(C(F)(F)F)c(C(F)(F)F)cc1I. The summed E-state index contributed by atoms with van der Waals surface area (Å²) in [4.78, 5) is 0. The fourth-order valence-electron chi connectivity index (χ4n) is 1.21. The minimum Gasteiger partial charge on any atom is -0.392 e. The number of alkyl halides is 6. The zero-order chi connectivity index (χ0) is 13.4. The molecule has 1 aromatic rings. The predicted molar refractivity (Wildman–Crippen MR) is 55.1 cm³/mol. The standard InChI is InChI=1S/C9H5F6IO/c10-8(11,12)5-1-4(3-17)7(16)2-6(5)9(13,14)15/h1-2,17H,3H2. The number of halogens is 7. The average molecular weight is 370 g/mol. The number of hydrogen-bond donors (Lipinski definition) is 1. The normalized spacial score (nSPS) is 12.9. The number of rotatable bonds is 1. The van der Waals surface area contributed by atoms with Crippen LogP contribution in [0.2, 0.25) is 0 Å². The molecule has 1 nitrogen and oxygen atoms in total. The first kappa shape index (κ1) is 14.6. The van der Waals surface area contributed by atoms with Gasteiger partial charge in [-0.1, -0.05) is 0 Å². The maximum atomic E-state index is 12.4. The van der Waals surface area contributed by atoms with Gasteiger partial charge in [0.1, 0.15) is 0 Å². The van der Waals surface area contributed by atoms with Crippen LogP contribution in [0.4, 0.5) is 26.3 Å².